The average Bonchev–Trinajstić information content (AvgIpc) is 2.58. The van der Waals surface area contributed by atoms with Crippen molar-refractivity contribution < 1.29 is 9.53 Å². The summed E-state index contributed by atoms with van der Waals surface area (Å²) in [5, 5.41) is 6.99. The molecule has 0 unspecified atom stereocenters. The van der Waals surface area contributed by atoms with Gasteiger partial charge in [-0.1, -0.05) is 37.6 Å². The quantitative estimate of drug-likeness (QED) is 0.460. The maximum atomic E-state index is 12.5. The van der Waals surface area contributed by atoms with Crippen LogP contribution in [0.5, 0.6) is 0 Å². The Labute approximate surface area is 162 Å². The molecule has 0 spiro atoms. The summed E-state index contributed by atoms with van der Waals surface area (Å²) in [6, 6.07) is 3.73. The van der Waals surface area contributed by atoms with E-state index in [4.69, 9.17) is 21.4 Å². The first kappa shape index (κ1) is 19.7. The minimum absolute atomic E-state index is 0.251. The number of halogens is 2. The van der Waals surface area contributed by atoms with Crippen molar-refractivity contribution in [1.82, 2.24) is 5.01 Å². The van der Waals surface area contributed by atoms with Crippen LogP contribution in [0.3, 0.4) is 0 Å². The van der Waals surface area contributed by atoms with Gasteiger partial charge in [0, 0.05) is 15.7 Å². The van der Waals surface area contributed by atoms with Crippen LogP contribution in [0.4, 0.5) is 0 Å². The van der Waals surface area contributed by atoms with Crippen LogP contribution in [0.1, 0.15) is 45.7 Å². The van der Waals surface area contributed by atoms with Crippen LogP contribution in [0, 0.1) is 5.92 Å². The van der Waals surface area contributed by atoms with Gasteiger partial charge in [-0.15, -0.1) is 0 Å². The number of hydrogen-bond donors (Lipinski definition) is 0. The van der Waals surface area contributed by atoms with Crippen molar-refractivity contribution in [2.24, 2.45) is 11.0 Å². The highest BCUT2D eigenvalue weighted by atomic mass is 79.9. The molecule has 0 bridgehead atoms. The lowest BCUT2D eigenvalue weighted by atomic mass is 9.92. The number of rotatable bonds is 3. The number of hydrazone groups is 1. The molecule has 0 radical (unpaired) electrons. The van der Waals surface area contributed by atoms with Gasteiger partial charge in [-0.3, -0.25) is 0 Å². The second-order valence-corrected chi connectivity index (χ2v) is 7.33. The molecule has 0 atom stereocenters. The Balaban J connectivity index is 2.86. The van der Waals surface area contributed by atoms with Crippen LogP contribution in [-0.4, -0.2) is 23.8 Å². The Morgan fingerprint density at radius 1 is 1.40 bits per heavy atom. The topological polar surface area (TPSA) is 41.9 Å². The highest BCUT2D eigenvalue weighted by Crippen LogP contribution is 2.44. The number of nitrogens with zero attached hydrogens (tertiary/aromatic N) is 2. The molecule has 1 aliphatic heterocycles. The van der Waals surface area contributed by atoms with Gasteiger partial charge in [0.15, 0.2) is 5.70 Å². The Morgan fingerprint density at radius 3 is 2.56 bits per heavy atom. The smallest absolute Gasteiger partial charge is 0.357 e. The second kappa shape index (κ2) is 7.75. The number of carbonyl (C=O) groups excluding carboxylic acids is 1. The third-order valence-corrected chi connectivity index (χ3v) is 5.66. The molecular weight excluding hydrogens is 404 g/mol. The van der Waals surface area contributed by atoms with Crippen LogP contribution < -0.4 is 0 Å². The van der Waals surface area contributed by atoms with Crippen molar-refractivity contribution in [3.05, 3.63) is 44.5 Å². The molecule has 0 N–H and O–H groups in total. The van der Waals surface area contributed by atoms with Gasteiger partial charge < -0.3 is 4.74 Å². The van der Waals surface area contributed by atoms with E-state index in [0.717, 1.165) is 32.6 Å². The molecule has 134 valence electrons. The molecule has 6 heteroatoms. The average molecular weight is 426 g/mol. The zero-order chi connectivity index (χ0) is 18.9. The fraction of sp³-hybridized carbons (Fsp3) is 0.368. The zero-order valence-electron chi connectivity index (χ0n) is 15.3. The molecule has 2 rings (SSSR count). The fourth-order valence-corrected chi connectivity index (χ4v) is 3.31. The summed E-state index contributed by atoms with van der Waals surface area (Å²) in [4.78, 5) is 12.5. The first-order valence-electron chi connectivity index (χ1n) is 8.04. The van der Waals surface area contributed by atoms with E-state index in [0.29, 0.717) is 10.7 Å². The molecule has 0 saturated heterocycles. The van der Waals surface area contributed by atoms with Gasteiger partial charge in [-0.25, -0.2) is 9.80 Å². The lowest BCUT2D eigenvalue weighted by Gasteiger charge is -2.33. The largest absolute Gasteiger partial charge is 0.464 e. The van der Waals surface area contributed by atoms with Crippen molar-refractivity contribution in [1.29, 1.82) is 0 Å². The van der Waals surface area contributed by atoms with E-state index >= 15 is 0 Å². The van der Waals surface area contributed by atoms with Gasteiger partial charge in [-0.05, 0) is 59.8 Å². The van der Waals surface area contributed by atoms with Crippen LogP contribution >= 0.6 is 27.5 Å². The van der Waals surface area contributed by atoms with Crippen LogP contribution in [0.15, 0.2) is 33.5 Å². The third-order valence-electron chi connectivity index (χ3n) is 4.30. The molecule has 25 heavy (non-hydrogen) atoms. The number of fused-ring (bicyclic) bond motifs is 1. The summed E-state index contributed by atoms with van der Waals surface area (Å²) in [6.07, 6.45) is 1.92. The van der Waals surface area contributed by atoms with E-state index in [-0.39, 0.29) is 5.92 Å². The maximum Gasteiger partial charge on any atom is 0.357 e. The van der Waals surface area contributed by atoms with Gasteiger partial charge in [0.25, 0.3) is 0 Å². The number of benzene rings is 1. The van der Waals surface area contributed by atoms with Crippen molar-refractivity contribution in [3.8, 4) is 0 Å². The molecule has 0 saturated carbocycles. The number of ether oxygens (including phenoxy) is 1. The molecule has 0 aliphatic carbocycles. The predicted molar refractivity (Wildman–Crippen MR) is 107 cm³/mol. The summed E-state index contributed by atoms with van der Waals surface area (Å²) in [6.45, 7) is 9.88. The Bertz CT molecular complexity index is 810. The number of hydrogen-bond acceptors (Lipinski definition) is 4. The molecule has 1 aromatic carbocycles. The standard InChI is InChI=1S/C19H22BrClN2O2/c1-7-15-16-13(8-9-14(21)17(16)20)11(4)18(19(24)25-6)23(15)22-12(5)10(2)3/h7-10H,1-6H3/b15-7+,22-12+. The lowest BCUT2D eigenvalue weighted by Crippen LogP contribution is -2.29. The summed E-state index contributed by atoms with van der Waals surface area (Å²) < 4.78 is 5.80. The highest BCUT2D eigenvalue weighted by Gasteiger charge is 2.33. The van der Waals surface area contributed by atoms with E-state index in [9.17, 15) is 4.79 Å². The summed E-state index contributed by atoms with van der Waals surface area (Å²) in [5.74, 6) is -0.171. The van der Waals surface area contributed by atoms with Gasteiger partial charge in [0.1, 0.15) is 0 Å². The molecule has 1 aliphatic rings. The maximum absolute atomic E-state index is 12.5. The molecule has 1 heterocycles. The van der Waals surface area contributed by atoms with Gasteiger partial charge in [0.2, 0.25) is 0 Å². The van der Waals surface area contributed by atoms with E-state index < -0.39 is 5.97 Å². The number of allylic oxidation sites excluding steroid dienone is 2. The van der Waals surface area contributed by atoms with Crippen molar-refractivity contribution >= 4 is 50.5 Å². The summed E-state index contributed by atoms with van der Waals surface area (Å²) in [5.41, 5.74) is 4.76. The predicted octanol–water partition coefficient (Wildman–Crippen LogP) is 5.71. The third kappa shape index (κ3) is 3.53. The number of esters is 1. The monoisotopic (exact) mass is 424 g/mol. The summed E-state index contributed by atoms with van der Waals surface area (Å²) in [7, 11) is 1.38. The minimum atomic E-state index is -0.422. The molecule has 1 aromatic rings. The van der Waals surface area contributed by atoms with E-state index in [1.165, 1.54) is 7.11 Å². The van der Waals surface area contributed by atoms with E-state index in [1.807, 2.05) is 39.0 Å². The first-order valence-corrected chi connectivity index (χ1v) is 9.21. The lowest BCUT2D eigenvalue weighted by molar-refractivity contribution is -0.137. The van der Waals surface area contributed by atoms with Crippen LogP contribution in [0.25, 0.3) is 11.3 Å². The van der Waals surface area contributed by atoms with Crippen molar-refractivity contribution in [2.45, 2.75) is 34.6 Å². The van der Waals surface area contributed by atoms with Gasteiger partial charge in [-0.2, -0.15) is 5.10 Å². The van der Waals surface area contributed by atoms with Crippen LogP contribution in [-0.2, 0) is 9.53 Å². The Kier molecular flexibility index (Phi) is 6.12. The second-order valence-electron chi connectivity index (χ2n) is 6.13. The fourth-order valence-electron chi connectivity index (χ4n) is 2.61. The van der Waals surface area contributed by atoms with Crippen molar-refractivity contribution in [2.75, 3.05) is 7.11 Å². The van der Waals surface area contributed by atoms with Crippen LogP contribution in [0.2, 0.25) is 5.02 Å². The minimum Gasteiger partial charge on any atom is -0.464 e. The molecule has 0 amide bonds. The van der Waals surface area contributed by atoms with Gasteiger partial charge >= 0.3 is 5.97 Å². The number of carbonyl (C=O) groups is 1. The van der Waals surface area contributed by atoms with Gasteiger partial charge in [0.05, 0.1) is 17.8 Å². The van der Waals surface area contributed by atoms with E-state index in [1.54, 1.807) is 5.01 Å². The zero-order valence-corrected chi connectivity index (χ0v) is 17.6. The van der Waals surface area contributed by atoms with Crippen molar-refractivity contribution in [3.63, 3.8) is 0 Å². The molecule has 0 aromatic heterocycles. The normalized spacial score (nSPS) is 16.6. The van der Waals surface area contributed by atoms with E-state index in [2.05, 4.69) is 29.8 Å². The SMILES string of the molecule is C/C=C1\c2c(ccc(Cl)c2Br)C(C)=C(C(=O)OC)N1/N=C(\C)C(C)C. The molecule has 4 nitrogen and oxygen atoms in total. The number of methoxy groups -OCH3 is 1. The Hall–Kier alpha value is -1.59. The molecular formula is C19H22BrClN2O2. The first-order chi connectivity index (χ1) is 11.7. The molecule has 0 fully saturated rings. The Morgan fingerprint density at radius 2 is 2.04 bits per heavy atom. The summed E-state index contributed by atoms with van der Waals surface area (Å²) >= 11 is 9.89. The highest BCUT2D eigenvalue weighted by molar-refractivity contribution is 9.10.